The summed E-state index contributed by atoms with van der Waals surface area (Å²) < 4.78 is 5.57. The molecule has 1 aromatic heterocycles. The first kappa shape index (κ1) is 15.0. The Hall–Kier alpha value is -0.420. The molecule has 3 atom stereocenters. The van der Waals surface area contributed by atoms with Crippen molar-refractivity contribution in [3.63, 3.8) is 0 Å². The van der Waals surface area contributed by atoms with Crippen LogP contribution in [-0.2, 0) is 11.3 Å². The Balaban J connectivity index is 1.65. The lowest BCUT2D eigenvalue weighted by Crippen LogP contribution is -2.45. The van der Waals surface area contributed by atoms with Crippen LogP contribution in [0.1, 0.15) is 31.6 Å². The molecular weight excluding hydrogens is 258 g/mol. The Kier molecular flexibility index (Phi) is 5.82. The molecule has 0 saturated carbocycles. The molecule has 0 aliphatic carbocycles. The summed E-state index contributed by atoms with van der Waals surface area (Å²) in [5.74, 6) is 0.818. The number of β-amino-alcohol motifs (C(OH)–C–C–N with tert-alkyl or cyclic N) is 1. The molecule has 1 N–H and O–H groups in total. The van der Waals surface area contributed by atoms with Crippen molar-refractivity contribution < 1.29 is 9.84 Å². The fraction of sp³-hybridized carbons (Fsp3) is 0.733. The second-order valence-electron chi connectivity index (χ2n) is 5.72. The van der Waals surface area contributed by atoms with Crippen molar-refractivity contribution in [2.45, 2.75) is 45.4 Å². The summed E-state index contributed by atoms with van der Waals surface area (Å²) >= 11 is 1.69. The summed E-state index contributed by atoms with van der Waals surface area (Å²) in [4.78, 5) is 3.60. The first-order valence-corrected chi connectivity index (χ1v) is 8.05. The highest BCUT2D eigenvalue weighted by molar-refractivity contribution is 7.09. The molecule has 1 aliphatic rings. The van der Waals surface area contributed by atoms with Gasteiger partial charge in [0.15, 0.2) is 0 Å². The molecule has 2 rings (SSSR count). The lowest BCUT2D eigenvalue weighted by Gasteiger charge is -2.37. The fourth-order valence-electron chi connectivity index (χ4n) is 2.74. The number of thiophene rings is 1. The first-order valence-electron chi connectivity index (χ1n) is 7.17. The third-order valence-corrected chi connectivity index (χ3v) is 4.71. The summed E-state index contributed by atoms with van der Waals surface area (Å²) in [5.41, 5.74) is 0. The minimum absolute atomic E-state index is 0.379. The highest BCUT2D eigenvalue weighted by Gasteiger charge is 2.24. The Morgan fingerprint density at radius 1 is 1.53 bits per heavy atom. The number of aliphatic hydroxyl groups excluding tert-OH is 1. The van der Waals surface area contributed by atoms with Crippen LogP contribution in [0.2, 0.25) is 0 Å². The Bertz CT molecular complexity index is 355. The summed E-state index contributed by atoms with van der Waals surface area (Å²) in [7, 11) is 0. The van der Waals surface area contributed by atoms with E-state index in [2.05, 4.69) is 24.8 Å². The quantitative estimate of drug-likeness (QED) is 0.871. The van der Waals surface area contributed by atoms with Crippen LogP contribution in [0, 0.1) is 5.92 Å². The van der Waals surface area contributed by atoms with Crippen LogP contribution in [0.5, 0.6) is 0 Å². The van der Waals surface area contributed by atoms with E-state index in [1.165, 1.54) is 17.7 Å². The van der Waals surface area contributed by atoms with Gasteiger partial charge in [0.25, 0.3) is 0 Å². The molecule has 3 unspecified atom stereocenters. The van der Waals surface area contributed by atoms with Gasteiger partial charge in [0, 0.05) is 17.5 Å². The average molecular weight is 283 g/mol. The van der Waals surface area contributed by atoms with E-state index in [-0.39, 0.29) is 6.10 Å². The minimum Gasteiger partial charge on any atom is -0.389 e. The van der Waals surface area contributed by atoms with Gasteiger partial charge in [-0.2, -0.15) is 0 Å². The van der Waals surface area contributed by atoms with Crippen LogP contribution in [0.3, 0.4) is 0 Å². The molecule has 0 bridgehead atoms. The monoisotopic (exact) mass is 283 g/mol. The first-order chi connectivity index (χ1) is 9.15. The molecule has 0 amide bonds. The van der Waals surface area contributed by atoms with E-state index >= 15 is 0 Å². The number of rotatable bonds is 6. The SMILES string of the molecule is CC1CCN(CC(O)COCc2cccs2)C(C)C1. The Morgan fingerprint density at radius 2 is 2.37 bits per heavy atom. The van der Waals surface area contributed by atoms with Gasteiger partial charge in [-0.05, 0) is 43.7 Å². The van der Waals surface area contributed by atoms with Gasteiger partial charge >= 0.3 is 0 Å². The van der Waals surface area contributed by atoms with Crippen molar-refractivity contribution >= 4 is 11.3 Å². The molecule has 19 heavy (non-hydrogen) atoms. The molecule has 1 fully saturated rings. The van der Waals surface area contributed by atoms with Crippen molar-refractivity contribution in [3.05, 3.63) is 22.4 Å². The van der Waals surface area contributed by atoms with Crippen molar-refractivity contribution in [2.75, 3.05) is 19.7 Å². The van der Waals surface area contributed by atoms with E-state index in [1.807, 2.05) is 11.4 Å². The molecule has 1 saturated heterocycles. The van der Waals surface area contributed by atoms with Crippen molar-refractivity contribution in [1.29, 1.82) is 0 Å². The molecule has 4 heteroatoms. The number of hydrogen-bond donors (Lipinski definition) is 1. The van der Waals surface area contributed by atoms with Gasteiger partial charge in [0.2, 0.25) is 0 Å². The maximum Gasteiger partial charge on any atom is 0.0900 e. The molecule has 1 aromatic rings. The zero-order chi connectivity index (χ0) is 13.7. The number of ether oxygens (including phenoxy) is 1. The molecule has 3 nitrogen and oxygen atoms in total. The molecule has 0 aromatic carbocycles. The fourth-order valence-corrected chi connectivity index (χ4v) is 3.38. The van der Waals surface area contributed by atoms with Gasteiger partial charge < -0.3 is 9.84 Å². The normalized spacial score (nSPS) is 26.5. The number of likely N-dealkylation sites (tertiary alicyclic amines) is 1. The maximum atomic E-state index is 10.1. The second-order valence-corrected chi connectivity index (χ2v) is 6.75. The largest absolute Gasteiger partial charge is 0.389 e. The number of piperidine rings is 1. The topological polar surface area (TPSA) is 32.7 Å². The maximum absolute atomic E-state index is 10.1. The van der Waals surface area contributed by atoms with Crippen LogP contribution in [-0.4, -0.2) is 41.8 Å². The van der Waals surface area contributed by atoms with Crippen LogP contribution >= 0.6 is 11.3 Å². The summed E-state index contributed by atoms with van der Waals surface area (Å²) in [5, 5.41) is 12.1. The lowest BCUT2D eigenvalue weighted by atomic mass is 9.93. The summed E-state index contributed by atoms with van der Waals surface area (Å²) in [6.07, 6.45) is 2.10. The van der Waals surface area contributed by atoms with Crippen LogP contribution in [0.15, 0.2) is 17.5 Å². The summed E-state index contributed by atoms with van der Waals surface area (Å²) in [6.45, 7) is 7.45. The zero-order valence-corrected chi connectivity index (χ0v) is 12.7. The van der Waals surface area contributed by atoms with Crippen molar-refractivity contribution in [2.24, 2.45) is 5.92 Å². The van der Waals surface area contributed by atoms with E-state index < -0.39 is 0 Å². The van der Waals surface area contributed by atoms with Gasteiger partial charge in [-0.1, -0.05) is 13.0 Å². The molecule has 0 spiro atoms. The molecule has 108 valence electrons. The Morgan fingerprint density at radius 3 is 3.05 bits per heavy atom. The van der Waals surface area contributed by atoms with E-state index in [4.69, 9.17) is 4.74 Å². The lowest BCUT2D eigenvalue weighted by molar-refractivity contribution is -0.00452. The number of nitrogens with zero attached hydrogens (tertiary/aromatic N) is 1. The van der Waals surface area contributed by atoms with Crippen LogP contribution < -0.4 is 0 Å². The standard InChI is InChI=1S/C15H25NO2S/c1-12-5-6-16(13(2)8-12)9-14(17)10-18-11-15-4-3-7-19-15/h3-4,7,12-14,17H,5-6,8-11H2,1-2H3. The van der Waals surface area contributed by atoms with E-state index in [9.17, 15) is 5.11 Å². The average Bonchev–Trinajstić information content (AvgIpc) is 2.86. The number of hydrogen-bond acceptors (Lipinski definition) is 4. The summed E-state index contributed by atoms with van der Waals surface area (Å²) in [6, 6.07) is 4.66. The van der Waals surface area contributed by atoms with Gasteiger partial charge in [-0.15, -0.1) is 11.3 Å². The predicted molar refractivity (Wildman–Crippen MR) is 79.4 cm³/mol. The third kappa shape index (κ3) is 4.88. The molecule has 2 heterocycles. The molecular formula is C15H25NO2S. The predicted octanol–water partition coefficient (Wildman–Crippen LogP) is 2.75. The van der Waals surface area contributed by atoms with Gasteiger partial charge in [0.05, 0.1) is 19.3 Å². The minimum atomic E-state index is -0.379. The van der Waals surface area contributed by atoms with Crippen molar-refractivity contribution in [3.8, 4) is 0 Å². The van der Waals surface area contributed by atoms with Gasteiger partial charge in [0.1, 0.15) is 0 Å². The Labute approximate surface area is 120 Å². The van der Waals surface area contributed by atoms with Crippen LogP contribution in [0.25, 0.3) is 0 Å². The van der Waals surface area contributed by atoms with E-state index in [0.717, 1.165) is 19.0 Å². The van der Waals surface area contributed by atoms with Gasteiger partial charge in [-0.3, -0.25) is 4.90 Å². The van der Waals surface area contributed by atoms with Crippen LogP contribution in [0.4, 0.5) is 0 Å². The molecule has 1 aliphatic heterocycles. The van der Waals surface area contributed by atoms with Crippen molar-refractivity contribution in [1.82, 2.24) is 4.90 Å². The highest BCUT2D eigenvalue weighted by Crippen LogP contribution is 2.22. The zero-order valence-electron chi connectivity index (χ0n) is 11.9. The highest BCUT2D eigenvalue weighted by atomic mass is 32.1. The van der Waals surface area contributed by atoms with E-state index in [1.54, 1.807) is 11.3 Å². The smallest absolute Gasteiger partial charge is 0.0900 e. The van der Waals surface area contributed by atoms with E-state index in [0.29, 0.717) is 19.3 Å². The second kappa shape index (κ2) is 7.39. The molecule has 0 radical (unpaired) electrons. The third-order valence-electron chi connectivity index (χ3n) is 3.86. The van der Waals surface area contributed by atoms with Gasteiger partial charge in [-0.25, -0.2) is 0 Å². The number of aliphatic hydroxyl groups is 1.